The summed E-state index contributed by atoms with van der Waals surface area (Å²) < 4.78 is 78.4. The molecule has 2 heterocycles. The number of aromatic nitrogens is 4. The van der Waals surface area contributed by atoms with Crippen molar-refractivity contribution >= 4 is 56.9 Å². The summed E-state index contributed by atoms with van der Waals surface area (Å²) in [5, 5.41) is 3.20. The third kappa shape index (κ3) is 10.7. The Labute approximate surface area is 356 Å². The number of hydrogen-bond acceptors (Lipinski definition) is 13. The topological polar surface area (TPSA) is 215 Å². The minimum atomic E-state index is -4.61. The Kier molecular flexibility index (Phi) is 16.6. The van der Waals surface area contributed by atoms with Crippen LogP contribution < -0.4 is 50.5 Å². The van der Waals surface area contributed by atoms with Gasteiger partial charge in [-0.3, -0.25) is 18.8 Å². The maximum Gasteiger partial charge on any atom is 1.00 e. The summed E-state index contributed by atoms with van der Waals surface area (Å²) in [4.78, 5) is 51.8. The van der Waals surface area contributed by atoms with Crippen molar-refractivity contribution in [2.75, 3.05) is 26.6 Å². The number of amides is 1. The molecular weight excluding hydrogens is 828 g/mol. The van der Waals surface area contributed by atoms with Crippen LogP contribution in [0.1, 0.15) is 39.8 Å². The number of carbonyl (C=O) groups excluding carboxylic acids is 3. The van der Waals surface area contributed by atoms with Crippen LogP contribution in [0.4, 0.5) is 19.3 Å². The van der Waals surface area contributed by atoms with Crippen molar-refractivity contribution in [2.45, 2.75) is 24.8 Å². The fourth-order valence-corrected chi connectivity index (χ4v) is 6.08. The second-order valence-corrected chi connectivity index (χ2v) is 13.4. The predicted octanol–water partition coefficient (Wildman–Crippen LogP) is 3.17. The zero-order valence-corrected chi connectivity index (χ0v) is 35.1. The summed E-state index contributed by atoms with van der Waals surface area (Å²) in [7, 11) is -1.00. The smallest absolute Gasteiger partial charge is 0.492 e. The van der Waals surface area contributed by atoms with Crippen LogP contribution in [0, 0.1) is 11.6 Å². The number of sulfonamides is 1. The van der Waals surface area contributed by atoms with Gasteiger partial charge in [0, 0.05) is 12.6 Å². The Balaban J connectivity index is 0.000000301. The van der Waals surface area contributed by atoms with E-state index < -0.39 is 72.3 Å². The maximum absolute atomic E-state index is 14.7. The number of carbonyl (C=O) groups is 3. The fraction of sp³-hybridized carbons (Fsp3) is 0.200. The summed E-state index contributed by atoms with van der Waals surface area (Å²) in [6, 6.07) is 14.8. The number of rotatable bonds is 11. The zero-order chi connectivity index (χ0) is 41.3. The third-order valence-corrected chi connectivity index (χ3v) is 9.34. The molecule has 3 aromatic carbocycles. The number of anilines is 1. The molecule has 0 spiro atoms. The Bertz CT molecular complexity index is 2450. The maximum atomic E-state index is 14.7. The van der Waals surface area contributed by atoms with Gasteiger partial charge in [-0.15, -0.1) is 0 Å². The molecule has 5 rings (SSSR count). The van der Waals surface area contributed by atoms with Gasteiger partial charge in [0.2, 0.25) is 10.0 Å². The van der Waals surface area contributed by atoms with Gasteiger partial charge in [-0.2, -0.15) is 5.10 Å². The van der Waals surface area contributed by atoms with Crippen LogP contribution in [-0.2, 0) is 33.2 Å². The van der Waals surface area contributed by atoms with Crippen molar-refractivity contribution in [2.24, 2.45) is 7.05 Å². The van der Waals surface area contributed by atoms with Crippen molar-refractivity contribution in [3.63, 3.8) is 0 Å². The Morgan fingerprint density at radius 1 is 0.947 bits per heavy atom. The number of halogens is 4. The standard InChI is InChI=1S/C20H14Cl2F2N2O3.C15H18N4O7S.Na/c1-28-19-12(21)8-7-11(14(19)23)17-15(24)16(25)13(22)18(26-17)20(27)29-9-10-5-3-2-4-6-10;1-4-9-26-14-16-19(15(22)18(14)2)13(21)17-27(23,24)11-8-6-5-7-10(11)12(20)25-3;/h2-8H,9H2,1H3,(H2,25,26);5-8H,4,9H2,1-3H3,(H,17,21);/q;;+1/p-1. The van der Waals surface area contributed by atoms with Crippen LogP contribution in [0.15, 0.2) is 76.4 Å². The summed E-state index contributed by atoms with van der Waals surface area (Å²) in [6.45, 7) is 2.02. The van der Waals surface area contributed by atoms with Gasteiger partial charge in [0.1, 0.15) is 12.3 Å². The van der Waals surface area contributed by atoms with E-state index in [1.807, 2.05) is 13.0 Å². The zero-order valence-electron chi connectivity index (χ0n) is 30.8. The van der Waals surface area contributed by atoms with E-state index in [0.29, 0.717) is 6.42 Å². The molecule has 22 heteroatoms. The molecule has 296 valence electrons. The van der Waals surface area contributed by atoms with Crippen molar-refractivity contribution in [3.05, 3.63) is 120 Å². The summed E-state index contributed by atoms with van der Waals surface area (Å²) in [6.07, 6.45) is 0.637. The van der Waals surface area contributed by atoms with Gasteiger partial charge in [-0.1, -0.05) is 72.6 Å². The van der Waals surface area contributed by atoms with Crippen LogP contribution in [-0.4, -0.2) is 66.5 Å². The molecule has 0 radical (unpaired) electrons. The third-order valence-electron chi connectivity index (χ3n) is 7.35. The molecule has 16 nitrogen and oxygen atoms in total. The first kappa shape index (κ1) is 46.3. The van der Waals surface area contributed by atoms with E-state index in [0.717, 1.165) is 23.3 Å². The van der Waals surface area contributed by atoms with Crippen LogP contribution >= 0.6 is 23.2 Å². The van der Waals surface area contributed by atoms with Gasteiger partial charge in [0.15, 0.2) is 29.1 Å². The number of benzene rings is 3. The normalized spacial score (nSPS) is 10.7. The number of nitrogens with two attached hydrogens (primary N) is 1. The first-order valence-electron chi connectivity index (χ1n) is 15.9. The molecule has 0 unspecified atom stereocenters. The second-order valence-electron chi connectivity index (χ2n) is 11.1. The van der Waals surface area contributed by atoms with Gasteiger partial charge in [-0.25, -0.2) is 31.8 Å². The van der Waals surface area contributed by atoms with Crippen LogP contribution in [0.25, 0.3) is 16.0 Å². The molecule has 0 aliphatic heterocycles. The number of nitrogen functional groups attached to an aromatic ring is 1. The largest absolute Gasteiger partial charge is 1.00 e. The average Bonchev–Trinajstić information content (AvgIpc) is 3.48. The van der Waals surface area contributed by atoms with Gasteiger partial charge >= 0.3 is 41.5 Å². The van der Waals surface area contributed by atoms with Crippen LogP contribution in [0.5, 0.6) is 11.8 Å². The van der Waals surface area contributed by atoms with E-state index in [1.54, 1.807) is 24.3 Å². The number of hydrogen-bond donors (Lipinski definition) is 1. The minimum Gasteiger partial charge on any atom is -0.492 e. The van der Waals surface area contributed by atoms with Gasteiger partial charge in [0.25, 0.3) is 11.7 Å². The predicted molar refractivity (Wildman–Crippen MR) is 199 cm³/mol. The van der Waals surface area contributed by atoms with E-state index in [-0.39, 0.29) is 75.4 Å². The molecule has 57 heavy (non-hydrogen) atoms. The molecule has 0 aliphatic rings. The number of methoxy groups -OCH3 is 2. The SMILES string of the molecule is CCCOc1nn(C(=O)[N-]S(=O)(=O)c2ccccc2C(=O)OC)c(=O)n1C.COc1c(Cl)ccc(-c2nc(C(=O)OCc3ccccc3)c(Cl)c(N)c2F)c1F.[Na+]. The molecule has 1 amide bonds. The quantitative estimate of drug-likeness (QED) is 0.149. The van der Waals surface area contributed by atoms with Crippen molar-refractivity contribution in [1.82, 2.24) is 19.3 Å². The first-order chi connectivity index (χ1) is 26.6. The van der Waals surface area contributed by atoms with Gasteiger partial charge in [-0.05, 0) is 36.2 Å². The Morgan fingerprint density at radius 2 is 1.60 bits per heavy atom. The average molecular weight is 860 g/mol. The molecule has 0 atom stereocenters. The van der Waals surface area contributed by atoms with E-state index in [4.69, 9.17) is 43.1 Å². The van der Waals surface area contributed by atoms with E-state index >= 15 is 0 Å². The number of ether oxygens (including phenoxy) is 4. The molecule has 2 N–H and O–H groups in total. The van der Waals surface area contributed by atoms with E-state index in [9.17, 15) is 36.4 Å². The molecule has 2 aromatic heterocycles. The molecule has 0 fully saturated rings. The molecule has 5 aromatic rings. The molecule has 0 saturated carbocycles. The first-order valence-corrected chi connectivity index (χ1v) is 18.1. The molecular formula is C35H31Cl2F2N6NaO10S. The number of esters is 2. The van der Waals surface area contributed by atoms with Gasteiger partial charge < -0.3 is 29.4 Å². The van der Waals surface area contributed by atoms with Crippen molar-refractivity contribution < 1.29 is 80.1 Å². The molecule has 0 saturated heterocycles. The molecule has 0 aliphatic carbocycles. The number of pyridine rings is 1. The monoisotopic (exact) mass is 858 g/mol. The molecule has 0 bridgehead atoms. The van der Waals surface area contributed by atoms with Crippen LogP contribution in [0.2, 0.25) is 10.0 Å². The summed E-state index contributed by atoms with van der Waals surface area (Å²) in [5.74, 6) is -4.20. The van der Waals surface area contributed by atoms with Crippen molar-refractivity contribution in [3.8, 4) is 23.0 Å². The Hall–Kier alpha value is -5.05. The minimum absolute atomic E-state index is 0. The van der Waals surface area contributed by atoms with E-state index in [2.05, 4.69) is 19.5 Å². The summed E-state index contributed by atoms with van der Waals surface area (Å²) in [5.41, 5.74) is 3.36. The van der Waals surface area contributed by atoms with Gasteiger partial charge in [0.05, 0.1) is 47.0 Å². The van der Waals surface area contributed by atoms with Crippen molar-refractivity contribution in [1.29, 1.82) is 0 Å². The summed E-state index contributed by atoms with van der Waals surface area (Å²) >= 11 is 11.9. The second kappa shape index (κ2) is 20.4. The van der Waals surface area contributed by atoms with E-state index in [1.165, 1.54) is 44.5 Å². The van der Waals surface area contributed by atoms with Crippen LogP contribution in [0.3, 0.4) is 0 Å². The number of nitrogens with zero attached hydrogens (tertiary/aromatic N) is 5. The Morgan fingerprint density at radius 3 is 2.23 bits per heavy atom. The fourth-order valence-electron chi connectivity index (χ4n) is 4.59.